The van der Waals surface area contributed by atoms with E-state index in [9.17, 15) is 9.59 Å². The van der Waals surface area contributed by atoms with E-state index < -0.39 is 0 Å². The molecule has 1 heterocycles. The first-order chi connectivity index (χ1) is 11.5. The average molecular weight is 349 g/mol. The van der Waals surface area contributed by atoms with Crippen molar-refractivity contribution in [2.45, 2.75) is 13.5 Å². The molecule has 0 bridgehead atoms. The number of carbonyl (C=O) groups is 2. The molecule has 1 amide bonds. The van der Waals surface area contributed by atoms with Crippen LogP contribution in [0.5, 0.6) is 17.2 Å². The molecule has 0 aliphatic carbocycles. The van der Waals surface area contributed by atoms with Crippen molar-refractivity contribution in [1.82, 2.24) is 5.32 Å². The number of ketones is 1. The Balaban J connectivity index is 2.15. The minimum atomic E-state index is -0.246. The lowest BCUT2D eigenvalue weighted by atomic mass is 10.1. The normalized spacial score (nSPS) is 10.2. The third-order valence-corrected chi connectivity index (χ3v) is 4.59. The number of amides is 1. The van der Waals surface area contributed by atoms with E-state index in [-0.39, 0.29) is 18.2 Å². The summed E-state index contributed by atoms with van der Waals surface area (Å²) in [4.78, 5) is 24.6. The second-order valence-electron chi connectivity index (χ2n) is 4.92. The molecular formula is C17H19NO5S. The van der Waals surface area contributed by atoms with E-state index in [0.717, 1.165) is 5.56 Å². The van der Waals surface area contributed by atoms with Gasteiger partial charge in [0.05, 0.1) is 31.1 Å². The van der Waals surface area contributed by atoms with E-state index in [2.05, 4.69) is 5.32 Å². The lowest BCUT2D eigenvalue weighted by Crippen LogP contribution is -2.22. The molecule has 0 spiro atoms. The van der Waals surface area contributed by atoms with Crippen molar-refractivity contribution in [3.05, 3.63) is 39.6 Å². The monoisotopic (exact) mass is 349 g/mol. The second kappa shape index (κ2) is 7.83. The molecule has 2 rings (SSSR count). The SMILES string of the molecule is COc1cc(OC)c(OC)cc1CNC(=O)c1ccc(C(C)=O)s1. The number of methoxy groups -OCH3 is 3. The van der Waals surface area contributed by atoms with Gasteiger partial charge in [0.25, 0.3) is 5.91 Å². The summed E-state index contributed by atoms with van der Waals surface area (Å²) in [7, 11) is 4.63. The highest BCUT2D eigenvalue weighted by Gasteiger charge is 2.15. The first-order valence-corrected chi connectivity index (χ1v) is 7.99. The van der Waals surface area contributed by atoms with Crippen LogP contribution in [0.3, 0.4) is 0 Å². The van der Waals surface area contributed by atoms with Gasteiger partial charge in [0.1, 0.15) is 5.75 Å². The van der Waals surface area contributed by atoms with Crippen LogP contribution in [0.15, 0.2) is 24.3 Å². The Kier molecular flexibility index (Phi) is 5.81. The van der Waals surface area contributed by atoms with Crippen LogP contribution in [-0.4, -0.2) is 33.0 Å². The molecule has 1 aromatic carbocycles. The molecule has 0 aliphatic rings. The summed E-state index contributed by atoms with van der Waals surface area (Å²) < 4.78 is 15.8. The number of benzene rings is 1. The molecule has 0 unspecified atom stereocenters. The molecule has 0 saturated heterocycles. The Bertz CT molecular complexity index is 753. The minimum Gasteiger partial charge on any atom is -0.496 e. The van der Waals surface area contributed by atoms with Crippen LogP contribution in [-0.2, 0) is 6.54 Å². The van der Waals surface area contributed by atoms with Crippen LogP contribution >= 0.6 is 11.3 Å². The van der Waals surface area contributed by atoms with E-state index in [4.69, 9.17) is 14.2 Å². The minimum absolute atomic E-state index is 0.0550. The van der Waals surface area contributed by atoms with Gasteiger partial charge < -0.3 is 19.5 Å². The fourth-order valence-electron chi connectivity index (χ4n) is 2.14. The molecule has 6 nitrogen and oxygen atoms in total. The van der Waals surface area contributed by atoms with Gasteiger partial charge in [0, 0.05) is 18.2 Å². The average Bonchev–Trinajstić information content (AvgIpc) is 3.09. The van der Waals surface area contributed by atoms with Gasteiger partial charge in [-0.05, 0) is 25.1 Å². The Morgan fingerprint density at radius 2 is 1.54 bits per heavy atom. The zero-order valence-electron chi connectivity index (χ0n) is 14.0. The first-order valence-electron chi connectivity index (χ1n) is 7.18. The fourth-order valence-corrected chi connectivity index (χ4v) is 2.96. The van der Waals surface area contributed by atoms with Gasteiger partial charge in [-0.25, -0.2) is 0 Å². The van der Waals surface area contributed by atoms with Crippen LogP contribution in [0.25, 0.3) is 0 Å². The Labute approximate surface area is 144 Å². The molecule has 128 valence electrons. The summed E-state index contributed by atoms with van der Waals surface area (Å²) in [6.07, 6.45) is 0. The number of rotatable bonds is 7. The van der Waals surface area contributed by atoms with E-state index in [0.29, 0.717) is 27.0 Å². The summed E-state index contributed by atoms with van der Waals surface area (Å²) in [5, 5.41) is 2.81. The Morgan fingerprint density at radius 3 is 2.08 bits per heavy atom. The van der Waals surface area contributed by atoms with Gasteiger partial charge in [-0.3, -0.25) is 9.59 Å². The molecule has 0 fully saturated rings. The maximum atomic E-state index is 12.2. The fraction of sp³-hybridized carbons (Fsp3) is 0.294. The molecule has 0 atom stereocenters. The number of nitrogens with one attached hydrogen (secondary N) is 1. The third kappa shape index (κ3) is 3.86. The van der Waals surface area contributed by atoms with Gasteiger partial charge >= 0.3 is 0 Å². The zero-order chi connectivity index (χ0) is 17.7. The summed E-state index contributed by atoms with van der Waals surface area (Å²) in [6.45, 7) is 1.73. The largest absolute Gasteiger partial charge is 0.496 e. The highest BCUT2D eigenvalue weighted by molar-refractivity contribution is 7.15. The van der Waals surface area contributed by atoms with Crippen molar-refractivity contribution in [2.75, 3.05) is 21.3 Å². The summed E-state index contributed by atoms with van der Waals surface area (Å²) >= 11 is 1.17. The van der Waals surface area contributed by atoms with Crippen molar-refractivity contribution in [3.8, 4) is 17.2 Å². The van der Waals surface area contributed by atoms with Gasteiger partial charge in [-0.15, -0.1) is 11.3 Å². The van der Waals surface area contributed by atoms with Crippen LogP contribution in [0, 0.1) is 0 Å². The van der Waals surface area contributed by atoms with Crippen LogP contribution in [0.4, 0.5) is 0 Å². The number of Topliss-reactive ketones (excluding diaryl/α,β-unsaturated/α-hetero) is 1. The molecule has 1 N–H and O–H groups in total. The van der Waals surface area contributed by atoms with Crippen molar-refractivity contribution in [3.63, 3.8) is 0 Å². The predicted molar refractivity (Wildman–Crippen MR) is 91.6 cm³/mol. The van der Waals surface area contributed by atoms with Crippen LogP contribution in [0.1, 0.15) is 31.8 Å². The van der Waals surface area contributed by atoms with Crippen molar-refractivity contribution < 1.29 is 23.8 Å². The quantitative estimate of drug-likeness (QED) is 0.778. The van der Waals surface area contributed by atoms with Crippen molar-refractivity contribution >= 4 is 23.0 Å². The second-order valence-corrected chi connectivity index (χ2v) is 6.01. The smallest absolute Gasteiger partial charge is 0.261 e. The van der Waals surface area contributed by atoms with Crippen molar-refractivity contribution in [2.24, 2.45) is 0 Å². The van der Waals surface area contributed by atoms with Gasteiger partial charge in [0.15, 0.2) is 17.3 Å². The molecule has 0 aliphatic heterocycles. The predicted octanol–water partition coefficient (Wildman–Crippen LogP) is 2.91. The number of carbonyl (C=O) groups excluding carboxylic acids is 2. The van der Waals surface area contributed by atoms with Crippen molar-refractivity contribution in [1.29, 1.82) is 0 Å². The van der Waals surface area contributed by atoms with E-state index in [1.54, 1.807) is 45.6 Å². The van der Waals surface area contributed by atoms with Gasteiger partial charge in [-0.2, -0.15) is 0 Å². The molecule has 24 heavy (non-hydrogen) atoms. The summed E-state index contributed by atoms with van der Waals surface area (Å²) in [6, 6.07) is 6.76. The number of thiophene rings is 1. The summed E-state index contributed by atoms with van der Waals surface area (Å²) in [5.74, 6) is 1.39. The summed E-state index contributed by atoms with van der Waals surface area (Å²) in [5.41, 5.74) is 0.756. The molecule has 0 saturated carbocycles. The molecule has 0 radical (unpaired) electrons. The standard InChI is InChI=1S/C17H19NO5S/c1-10(19)15-5-6-16(24-15)17(20)18-9-11-7-13(22-3)14(23-4)8-12(11)21-2/h5-8H,9H2,1-4H3,(H,18,20). The molecule has 2 aromatic rings. The lowest BCUT2D eigenvalue weighted by Gasteiger charge is -2.14. The maximum absolute atomic E-state index is 12.2. The lowest BCUT2D eigenvalue weighted by molar-refractivity contribution is 0.0954. The number of ether oxygens (including phenoxy) is 3. The van der Waals surface area contributed by atoms with Gasteiger partial charge in [0.2, 0.25) is 0 Å². The van der Waals surface area contributed by atoms with Crippen LogP contribution < -0.4 is 19.5 Å². The Morgan fingerprint density at radius 1 is 0.958 bits per heavy atom. The maximum Gasteiger partial charge on any atom is 0.261 e. The Hall–Kier alpha value is -2.54. The van der Waals surface area contributed by atoms with E-state index >= 15 is 0 Å². The number of hydrogen-bond donors (Lipinski definition) is 1. The molecular weight excluding hydrogens is 330 g/mol. The topological polar surface area (TPSA) is 73.9 Å². The highest BCUT2D eigenvalue weighted by atomic mass is 32.1. The first kappa shape index (κ1) is 17.8. The molecule has 1 aromatic heterocycles. The molecule has 7 heteroatoms. The van der Waals surface area contributed by atoms with Gasteiger partial charge in [-0.1, -0.05) is 0 Å². The number of hydrogen-bond acceptors (Lipinski definition) is 6. The van der Waals surface area contributed by atoms with E-state index in [1.165, 1.54) is 18.3 Å². The third-order valence-electron chi connectivity index (χ3n) is 3.40. The zero-order valence-corrected chi connectivity index (χ0v) is 14.8. The van der Waals surface area contributed by atoms with E-state index in [1.807, 2.05) is 0 Å². The van der Waals surface area contributed by atoms with Crippen LogP contribution in [0.2, 0.25) is 0 Å². The highest BCUT2D eigenvalue weighted by Crippen LogP contribution is 2.34.